The normalized spacial score (nSPS) is 21.4. The lowest BCUT2D eigenvalue weighted by molar-refractivity contribution is -0.104. The number of nitrogens with zero attached hydrogens (tertiary/aromatic N) is 2. The number of nitrogens with two attached hydrogens (primary N) is 1. The Bertz CT molecular complexity index is 911. The standard InChI is InChI=1S/C18H19ClF2N4O2S/c1-11(19)9-23-16(5-6-26)15(21)8-12-3-4-14(20)13(7-12)17-10-28(27)25(2)18(22)24-17/h3-9,17,23H,10H2,1-2H3,(H2,22,24)/b11-9+,15-8-,16-5-. The second-order valence-corrected chi connectivity index (χ2v) is 7.97. The fourth-order valence-electron chi connectivity index (χ4n) is 2.36. The number of hydrogen-bond acceptors (Lipinski definition) is 5. The van der Waals surface area contributed by atoms with Crippen LogP contribution in [0.5, 0.6) is 0 Å². The number of rotatable bonds is 6. The van der Waals surface area contributed by atoms with Crippen LogP contribution in [0, 0.1) is 5.82 Å². The Hall–Kier alpha value is -2.52. The van der Waals surface area contributed by atoms with E-state index >= 15 is 0 Å². The van der Waals surface area contributed by atoms with Crippen molar-refractivity contribution in [2.75, 3.05) is 12.8 Å². The van der Waals surface area contributed by atoms with Crippen LogP contribution in [0.25, 0.3) is 6.08 Å². The number of carbonyl (C=O) groups excluding carboxylic acids is 1. The molecule has 0 radical (unpaired) electrons. The third-order valence-electron chi connectivity index (χ3n) is 3.81. The van der Waals surface area contributed by atoms with Gasteiger partial charge >= 0.3 is 0 Å². The number of guanidine groups is 1. The first-order chi connectivity index (χ1) is 13.2. The van der Waals surface area contributed by atoms with Gasteiger partial charge in [0.15, 0.2) is 0 Å². The maximum atomic E-state index is 14.5. The van der Waals surface area contributed by atoms with Gasteiger partial charge in [-0.1, -0.05) is 17.7 Å². The summed E-state index contributed by atoms with van der Waals surface area (Å²) in [6.07, 6.45) is 3.87. The van der Waals surface area contributed by atoms with Crippen LogP contribution >= 0.6 is 11.6 Å². The molecule has 1 aliphatic rings. The van der Waals surface area contributed by atoms with Crippen molar-refractivity contribution >= 4 is 40.9 Å². The number of benzene rings is 1. The van der Waals surface area contributed by atoms with Gasteiger partial charge in [-0.05, 0) is 30.7 Å². The lowest BCUT2D eigenvalue weighted by atomic mass is 10.0. The summed E-state index contributed by atoms with van der Waals surface area (Å²) < 4.78 is 42.2. The molecule has 0 saturated carbocycles. The highest BCUT2D eigenvalue weighted by atomic mass is 35.5. The summed E-state index contributed by atoms with van der Waals surface area (Å²) in [6, 6.07) is 3.19. The van der Waals surface area contributed by atoms with Crippen molar-refractivity contribution in [3.63, 3.8) is 0 Å². The van der Waals surface area contributed by atoms with E-state index in [9.17, 15) is 17.8 Å². The first-order valence-electron chi connectivity index (χ1n) is 8.09. The molecule has 150 valence electrons. The van der Waals surface area contributed by atoms with Crippen LogP contribution in [-0.4, -0.2) is 33.6 Å². The molecular weight excluding hydrogens is 410 g/mol. The summed E-state index contributed by atoms with van der Waals surface area (Å²) in [5.74, 6) is -1.23. The molecule has 0 amide bonds. The SMILES string of the molecule is C/C(Cl)=C\NC(=C\C=O)/C(F)=C/c1ccc(F)c(C2CS(=O)N(C)C(N)=N2)c1. The topological polar surface area (TPSA) is 87.8 Å². The van der Waals surface area contributed by atoms with E-state index in [1.54, 1.807) is 6.92 Å². The molecule has 0 fully saturated rings. The third kappa shape index (κ3) is 5.49. The van der Waals surface area contributed by atoms with Crippen LogP contribution in [-0.2, 0) is 15.8 Å². The highest BCUT2D eigenvalue weighted by molar-refractivity contribution is 7.83. The minimum absolute atomic E-state index is 0.0322. The Balaban J connectivity index is 2.38. The summed E-state index contributed by atoms with van der Waals surface area (Å²) in [7, 11) is 0.0847. The van der Waals surface area contributed by atoms with Gasteiger partial charge in [0.2, 0.25) is 5.96 Å². The molecule has 6 nitrogen and oxygen atoms in total. The Kier molecular flexibility index (Phi) is 7.47. The lowest BCUT2D eigenvalue weighted by Gasteiger charge is -2.26. The number of aliphatic imine (C=N–C) groups is 1. The summed E-state index contributed by atoms with van der Waals surface area (Å²) >= 11 is 5.69. The molecule has 2 unspecified atom stereocenters. The largest absolute Gasteiger partial charge is 0.369 e. The lowest BCUT2D eigenvalue weighted by Crippen LogP contribution is -2.41. The molecular formula is C18H19ClF2N4O2S. The number of nitrogens with one attached hydrogen (secondary N) is 1. The van der Waals surface area contributed by atoms with Crippen molar-refractivity contribution in [3.8, 4) is 0 Å². The van der Waals surface area contributed by atoms with Gasteiger partial charge < -0.3 is 11.1 Å². The van der Waals surface area contributed by atoms with Gasteiger partial charge in [0.05, 0.1) is 17.5 Å². The van der Waals surface area contributed by atoms with Gasteiger partial charge in [-0.2, -0.15) is 0 Å². The van der Waals surface area contributed by atoms with Gasteiger partial charge in [0.1, 0.15) is 28.9 Å². The molecule has 3 N–H and O–H groups in total. The van der Waals surface area contributed by atoms with Crippen LogP contribution in [0.3, 0.4) is 0 Å². The number of aldehydes is 1. The fourth-order valence-corrected chi connectivity index (χ4v) is 3.42. The maximum Gasteiger partial charge on any atom is 0.203 e. The average Bonchev–Trinajstić information content (AvgIpc) is 2.64. The van der Waals surface area contributed by atoms with Crippen molar-refractivity contribution in [2.24, 2.45) is 10.7 Å². The molecule has 1 heterocycles. The highest BCUT2D eigenvalue weighted by Crippen LogP contribution is 2.27. The van der Waals surface area contributed by atoms with E-state index in [1.165, 1.54) is 35.8 Å². The summed E-state index contributed by atoms with van der Waals surface area (Å²) in [5, 5.41) is 2.94. The van der Waals surface area contributed by atoms with Crippen molar-refractivity contribution in [2.45, 2.75) is 13.0 Å². The summed E-state index contributed by atoms with van der Waals surface area (Å²) in [5.41, 5.74) is 6.09. The molecule has 0 aliphatic carbocycles. The zero-order valence-electron chi connectivity index (χ0n) is 15.2. The predicted octanol–water partition coefficient (Wildman–Crippen LogP) is 2.87. The molecule has 2 atom stereocenters. The number of carbonyl (C=O) groups is 1. The Morgan fingerprint density at radius 1 is 1.50 bits per heavy atom. The Morgan fingerprint density at radius 2 is 2.21 bits per heavy atom. The zero-order chi connectivity index (χ0) is 20.8. The van der Waals surface area contributed by atoms with E-state index in [0.717, 1.165) is 12.2 Å². The second-order valence-electron chi connectivity index (χ2n) is 5.85. The monoisotopic (exact) mass is 428 g/mol. The zero-order valence-corrected chi connectivity index (χ0v) is 16.7. The molecule has 0 saturated heterocycles. The van der Waals surface area contributed by atoms with E-state index in [0.29, 0.717) is 16.9 Å². The molecule has 0 bridgehead atoms. The third-order valence-corrected chi connectivity index (χ3v) is 5.32. The molecule has 0 spiro atoms. The maximum absolute atomic E-state index is 14.5. The molecule has 1 aromatic carbocycles. The second kappa shape index (κ2) is 9.61. The van der Waals surface area contributed by atoms with Crippen LogP contribution in [0.4, 0.5) is 8.78 Å². The summed E-state index contributed by atoms with van der Waals surface area (Å²) in [6.45, 7) is 1.58. The van der Waals surface area contributed by atoms with E-state index in [-0.39, 0.29) is 23.0 Å². The van der Waals surface area contributed by atoms with Gasteiger partial charge in [-0.3, -0.25) is 9.10 Å². The molecule has 28 heavy (non-hydrogen) atoms. The summed E-state index contributed by atoms with van der Waals surface area (Å²) in [4.78, 5) is 14.9. The molecule has 1 aliphatic heterocycles. The number of halogens is 3. The van der Waals surface area contributed by atoms with E-state index in [1.807, 2.05) is 0 Å². The Morgan fingerprint density at radius 3 is 2.82 bits per heavy atom. The van der Waals surface area contributed by atoms with Gasteiger partial charge in [-0.25, -0.2) is 18.0 Å². The molecule has 10 heteroatoms. The van der Waals surface area contributed by atoms with Crippen LogP contribution in [0.15, 0.2) is 52.0 Å². The van der Waals surface area contributed by atoms with Crippen LogP contribution < -0.4 is 11.1 Å². The molecule has 0 aromatic heterocycles. The predicted molar refractivity (Wildman–Crippen MR) is 108 cm³/mol. The van der Waals surface area contributed by atoms with Crippen molar-refractivity contribution in [1.29, 1.82) is 0 Å². The van der Waals surface area contributed by atoms with Crippen LogP contribution in [0.1, 0.15) is 24.1 Å². The number of allylic oxidation sites excluding steroid dienone is 3. The minimum Gasteiger partial charge on any atom is -0.369 e. The number of hydrogen-bond donors (Lipinski definition) is 2. The first kappa shape index (κ1) is 21.8. The van der Waals surface area contributed by atoms with Crippen molar-refractivity contribution in [3.05, 3.63) is 64.0 Å². The quantitative estimate of drug-likeness (QED) is 0.414. The fraction of sp³-hybridized carbons (Fsp3) is 0.222. The van der Waals surface area contributed by atoms with Crippen molar-refractivity contribution < 1.29 is 17.8 Å². The first-order valence-corrected chi connectivity index (χ1v) is 9.75. The van der Waals surface area contributed by atoms with Gasteiger partial charge in [-0.15, -0.1) is 0 Å². The minimum atomic E-state index is -1.44. The highest BCUT2D eigenvalue weighted by Gasteiger charge is 2.26. The molecule has 2 rings (SSSR count). The van der Waals surface area contributed by atoms with Crippen molar-refractivity contribution in [1.82, 2.24) is 9.62 Å². The average molecular weight is 429 g/mol. The smallest absolute Gasteiger partial charge is 0.203 e. The van der Waals surface area contributed by atoms with Gasteiger partial charge in [0, 0.05) is 29.9 Å². The van der Waals surface area contributed by atoms with E-state index in [4.69, 9.17) is 17.3 Å². The van der Waals surface area contributed by atoms with Crippen LogP contribution in [0.2, 0.25) is 0 Å². The van der Waals surface area contributed by atoms with E-state index < -0.39 is 28.7 Å². The van der Waals surface area contributed by atoms with E-state index in [2.05, 4.69) is 10.3 Å². The Labute approximate surface area is 169 Å². The van der Waals surface area contributed by atoms with Gasteiger partial charge in [0.25, 0.3) is 0 Å². The molecule has 1 aromatic rings.